The number of ether oxygens (including phenoxy) is 1. The van der Waals surface area contributed by atoms with Crippen LogP contribution in [0.25, 0.3) is 0 Å². The van der Waals surface area contributed by atoms with E-state index < -0.39 is 12.0 Å². The van der Waals surface area contributed by atoms with Crippen molar-refractivity contribution in [3.8, 4) is 0 Å². The molecule has 8 heteroatoms. The summed E-state index contributed by atoms with van der Waals surface area (Å²) in [6.07, 6.45) is -0.112. The Morgan fingerprint density at radius 3 is 2.57 bits per heavy atom. The number of amides is 2. The van der Waals surface area contributed by atoms with Gasteiger partial charge in [-0.1, -0.05) is 29.3 Å². The highest BCUT2D eigenvalue weighted by molar-refractivity contribution is 6.35. The zero-order valence-corrected chi connectivity index (χ0v) is 12.7. The topological polar surface area (TPSA) is 87.7 Å². The molecule has 3 N–H and O–H groups in total. The molecule has 0 aliphatic carbocycles. The fraction of sp³-hybridized carbons (Fsp3) is 0.385. The van der Waals surface area contributed by atoms with Gasteiger partial charge in [0, 0.05) is 23.1 Å². The minimum absolute atomic E-state index is 0.0857. The van der Waals surface area contributed by atoms with Gasteiger partial charge in [0.25, 0.3) is 0 Å². The molecule has 1 rings (SSSR count). The van der Waals surface area contributed by atoms with E-state index in [-0.39, 0.29) is 13.0 Å². The molecule has 0 heterocycles. The largest absolute Gasteiger partial charge is 0.481 e. The van der Waals surface area contributed by atoms with Crippen molar-refractivity contribution in [2.45, 2.75) is 13.0 Å². The predicted molar refractivity (Wildman–Crippen MR) is 79.8 cm³/mol. The lowest BCUT2D eigenvalue weighted by atomic mass is 10.2. The molecule has 2 amide bonds. The fourth-order valence-electron chi connectivity index (χ4n) is 1.40. The van der Waals surface area contributed by atoms with E-state index in [2.05, 4.69) is 10.6 Å². The lowest BCUT2D eigenvalue weighted by Gasteiger charge is -2.08. The lowest BCUT2D eigenvalue weighted by molar-refractivity contribution is -0.136. The first-order chi connectivity index (χ1) is 9.99. The highest BCUT2D eigenvalue weighted by atomic mass is 35.5. The third kappa shape index (κ3) is 7.75. The molecule has 0 saturated carbocycles. The van der Waals surface area contributed by atoms with E-state index in [1.54, 1.807) is 18.2 Å². The molecule has 0 atom stereocenters. The standard InChI is InChI=1S/C13H16Cl2N2O4/c14-10-2-1-9(11(15)7-10)8-21-6-5-17-13(20)16-4-3-12(18)19/h1-2,7H,3-6,8H2,(H,18,19)(H2,16,17,20). The van der Waals surface area contributed by atoms with Crippen LogP contribution in [0.3, 0.4) is 0 Å². The normalized spacial score (nSPS) is 10.2. The molecule has 0 fully saturated rings. The Morgan fingerprint density at radius 2 is 1.90 bits per heavy atom. The van der Waals surface area contributed by atoms with Crippen molar-refractivity contribution in [3.05, 3.63) is 33.8 Å². The number of hydrogen-bond acceptors (Lipinski definition) is 3. The number of benzene rings is 1. The van der Waals surface area contributed by atoms with Gasteiger partial charge in [-0.2, -0.15) is 0 Å². The maximum absolute atomic E-state index is 11.2. The second-order valence-corrected chi connectivity index (χ2v) is 4.96. The number of nitrogens with one attached hydrogen (secondary N) is 2. The SMILES string of the molecule is O=C(O)CCNC(=O)NCCOCc1ccc(Cl)cc1Cl. The number of carbonyl (C=O) groups is 2. The van der Waals surface area contributed by atoms with Crippen molar-refractivity contribution in [3.63, 3.8) is 0 Å². The number of carboxylic acid groups (broad SMARTS) is 1. The average molecular weight is 335 g/mol. The van der Waals surface area contributed by atoms with Crippen LogP contribution in [0.1, 0.15) is 12.0 Å². The molecule has 1 aromatic carbocycles. The Hall–Kier alpha value is -1.50. The van der Waals surface area contributed by atoms with Gasteiger partial charge in [0.05, 0.1) is 19.6 Å². The molecule has 0 spiro atoms. The number of aliphatic carboxylic acids is 1. The first-order valence-electron chi connectivity index (χ1n) is 6.24. The van der Waals surface area contributed by atoms with Crippen molar-refractivity contribution in [1.82, 2.24) is 10.6 Å². The van der Waals surface area contributed by atoms with Crippen LogP contribution in [0.2, 0.25) is 10.0 Å². The molecule has 0 aromatic heterocycles. The van der Waals surface area contributed by atoms with Gasteiger partial charge in [-0.3, -0.25) is 4.79 Å². The van der Waals surface area contributed by atoms with Crippen LogP contribution < -0.4 is 10.6 Å². The molecule has 0 radical (unpaired) electrons. The van der Waals surface area contributed by atoms with Gasteiger partial charge in [0.15, 0.2) is 0 Å². The van der Waals surface area contributed by atoms with E-state index in [9.17, 15) is 9.59 Å². The maximum atomic E-state index is 11.2. The van der Waals surface area contributed by atoms with Gasteiger partial charge in [-0.15, -0.1) is 0 Å². The molecule has 0 unspecified atom stereocenters. The van der Waals surface area contributed by atoms with Crippen LogP contribution in [-0.2, 0) is 16.1 Å². The van der Waals surface area contributed by atoms with Crippen molar-refractivity contribution in [2.75, 3.05) is 19.7 Å². The highest BCUT2D eigenvalue weighted by Gasteiger charge is 2.03. The van der Waals surface area contributed by atoms with Crippen LogP contribution in [0.15, 0.2) is 18.2 Å². The summed E-state index contributed by atoms with van der Waals surface area (Å²) in [6, 6.07) is 4.71. The molecule has 0 aliphatic rings. The summed E-state index contributed by atoms with van der Waals surface area (Å²) >= 11 is 11.8. The van der Waals surface area contributed by atoms with Crippen LogP contribution in [0.5, 0.6) is 0 Å². The summed E-state index contributed by atoms with van der Waals surface area (Å²) in [4.78, 5) is 21.5. The van der Waals surface area contributed by atoms with E-state index in [1.807, 2.05) is 0 Å². The number of carbonyl (C=O) groups excluding carboxylic acids is 1. The molecule has 0 saturated heterocycles. The molecular weight excluding hydrogens is 319 g/mol. The monoisotopic (exact) mass is 334 g/mol. The van der Waals surface area contributed by atoms with Crippen LogP contribution >= 0.6 is 23.2 Å². The van der Waals surface area contributed by atoms with Crippen LogP contribution in [-0.4, -0.2) is 36.8 Å². The molecule has 116 valence electrons. The third-order valence-corrected chi connectivity index (χ3v) is 3.02. The number of carboxylic acids is 1. The zero-order valence-electron chi connectivity index (χ0n) is 11.2. The quantitative estimate of drug-likeness (QED) is 0.636. The fourth-order valence-corrected chi connectivity index (χ4v) is 1.87. The summed E-state index contributed by atoms with van der Waals surface area (Å²) in [6.45, 7) is 1.02. The second kappa shape index (κ2) is 9.44. The number of halogens is 2. The first-order valence-corrected chi connectivity index (χ1v) is 7.00. The summed E-state index contributed by atoms with van der Waals surface area (Å²) in [5.41, 5.74) is 0.812. The molecule has 1 aromatic rings. The summed E-state index contributed by atoms with van der Waals surface area (Å²) in [7, 11) is 0. The van der Waals surface area contributed by atoms with Crippen LogP contribution in [0, 0.1) is 0 Å². The Kier molecular flexibility index (Phi) is 7.89. The third-order valence-electron chi connectivity index (χ3n) is 2.43. The van der Waals surface area contributed by atoms with Crippen LogP contribution in [0.4, 0.5) is 4.79 Å². The van der Waals surface area contributed by atoms with E-state index >= 15 is 0 Å². The minimum Gasteiger partial charge on any atom is -0.481 e. The Labute approximate surface area is 132 Å². The number of hydrogen-bond donors (Lipinski definition) is 3. The van der Waals surface area contributed by atoms with E-state index in [0.717, 1.165) is 5.56 Å². The van der Waals surface area contributed by atoms with E-state index in [0.29, 0.717) is 29.8 Å². The summed E-state index contributed by atoms with van der Waals surface area (Å²) < 4.78 is 5.37. The first kappa shape index (κ1) is 17.6. The van der Waals surface area contributed by atoms with E-state index in [4.69, 9.17) is 33.0 Å². The molecule has 0 bridgehead atoms. The summed E-state index contributed by atoms with van der Waals surface area (Å²) in [5.74, 6) is -0.960. The molecule has 6 nitrogen and oxygen atoms in total. The van der Waals surface area contributed by atoms with Crippen molar-refractivity contribution in [2.24, 2.45) is 0 Å². The predicted octanol–water partition coefficient (Wildman–Crippen LogP) is 2.28. The van der Waals surface area contributed by atoms with E-state index in [1.165, 1.54) is 0 Å². The van der Waals surface area contributed by atoms with Crippen molar-refractivity contribution < 1.29 is 19.4 Å². The molecule has 21 heavy (non-hydrogen) atoms. The number of urea groups is 1. The van der Waals surface area contributed by atoms with Gasteiger partial charge in [0.1, 0.15) is 0 Å². The van der Waals surface area contributed by atoms with Crippen molar-refractivity contribution >= 4 is 35.2 Å². The van der Waals surface area contributed by atoms with Gasteiger partial charge in [-0.25, -0.2) is 4.79 Å². The minimum atomic E-state index is -0.960. The van der Waals surface area contributed by atoms with Gasteiger partial charge >= 0.3 is 12.0 Å². The molecular formula is C13H16Cl2N2O4. The van der Waals surface area contributed by atoms with Gasteiger partial charge in [0.2, 0.25) is 0 Å². The Bertz CT molecular complexity index is 497. The second-order valence-electron chi connectivity index (χ2n) is 4.11. The average Bonchev–Trinajstić information content (AvgIpc) is 2.40. The molecule has 0 aliphatic heterocycles. The van der Waals surface area contributed by atoms with Crippen molar-refractivity contribution in [1.29, 1.82) is 0 Å². The highest BCUT2D eigenvalue weighted by Crippen LogP contribution is 2.21. The number of rotatable bonds is 8. The Balaban J connectivity index is 2.11. The van der Waals surface area contributed by atoms with Gasteiger partial charge < -0.3 is 20.5 Å². The van der Waals surface area contributed by atoms with Gasteiger partial charge in [-0.05, 0) is 17.7 Å². The smallest absolute Gasteiger partial charge is 0.314 e. The zero-order chi connectivity index (χ0) is 15.7. The lowest BCUT2D eigenvalue weighted by Crippen LogP contribution is -2.38. The maximum Gasteiger partial charge on any atom is 0.314 e. The summed E-state index contributed by atoms with van der Waals surface area (Å²) in [5, 5.41) is 14.5. The Morgan fingerprint density at radius 1 is 1.19 bits per heavy atom.